The molecule has 4 heterocycles. The number of nitrogens with zero attached hydrogens (tertiary/aromatic N) is 5. The van der Waals surface area contributed by atoms with E-state index in [0.717, 1.165) is 94.2 Å². The van der Waals surface area contributed by atoms with Crippen molar-refractivity contribution < 1.29 is 0 Å². The SMILES string of the molecule is c1cc(-c2ccc(-c3nc4ccccc4c4nc5ccccn5c34)cc2)cc(-c2cc(-c3cc4ccccc4c4ccccc34)nc(-c3cc4ccccc4c4ccccc34)n2)c1. The first-order valence-corrected chi connectivity index (χ1v) is 21.3. The Labute approximate surface area is 362 Å². The van der Waals surface area contributed by atoms with Gasteiger partial charge in [0.05, 0.1) is 28.1 Å². The van der Waals surface area contributed by atoms with Gasteiger partial charge in [-0.2, -0.15) is 0 Å². The van der Waals surface area contributed by atoms with Crippen molar-refractivity contribution in [2.45, 2.75) is 0 Å². The zero-order valence-corrected chi connectivity index (χ0v) is 33.9. The molecule has 0 fully saturated rings. The summed E-state index contributed by atoms with van der Waals surface area (Å²) in [5.41, 5.74) is 12.8. The lowest BCUT2D eigenvalue weighted by Crippen LogP contribution is -1.98. The second-order valence-corrected chi connectivity index (χ2v) is 16.2. The van der Waals surface area contributed by atoms with E-state index in [1.807, 2.05) is 24.3 Å². The third kappa shape index (κ3) is 5.71. The molecule has 5 nitrogen and oxygen atoms in total. The van der Waals surface area contributed by atoms with Crippen molar-refractivity contribution in [3.63, 3.8) is 0 Å². The van der Waals surface area contributed by atoms with Crippen LogP contribution >= 0.6 is 0 Å². The maximum atomic E-state index is 5.46. The van der Waals surface area contributed by atoms with Crippen molar-refractivity contribution in [2.75, 3.05) is 0 Å². The van der Waals surface area contributed by atoms with Gasteiger partial charge < -0.3 is 0 Å². The molecule has 4 aromatic heterocycles. The van der Waals surface area contributed by atoms with Crippen molar-refractivity contribution in [1.29, 1.82) is 0 Å². The Morgan fingerprint density at radius 2 is 0.905 bits per heavy atom. The summed E-state index contributed by atoms with van der Waals surface area (Å²) >= 11 is 0. The van der Waals surface area contributed by atoms with Crippen molar-refractivity contribution in [2.24, 2.45) is 0 Å². The van der Waals surface area contributed by atoms with Gasteiger partial charge in [0.2, 0.25) is 0 Å². The molecule has 0 bridgehead atoms. The summed E-state index contributed by atoms with van der Waals surface area (Å²) in [5.74, 6) is 0.693. The summed E-state index contributed by atoms with van der Waals surface area (Å²) in [6, 6.07) is 73.0. The largest absolute Gasteiger partial charge is 0.298 e. The Morgan fingerprint density at radius 3 is 1.65 bits per heavy atom. The summed E-state index contributed by atoms with van der Waals surface area (Å²) < 4.78 is 2.15. The first kappa shape index (κ1) is 35.2. The minimum atomic E-state index is 0.693. The first-order valence-electron chi connectivity index (χ1n) is 21.3. The molecule has 0 radical (unpaired) electrons. The van der Waals surface area contributed by atoms with E-state index in [2.05, 4.69) is 193 Å². The highest BCUT2D eigenvalue weighted by atomic mass is 15.0. The Hall–Kier alpha value is -8.54. The fraction of sp³-hybridized carbons (Fsp3) is 0. The minimum Gasteiger partial charge on any atom is -0.298 e. The van der Waals surface area contributed by atoms with Gasteiger partial charge in [-0.25, -0.2) is 19.9 Å². The molecule has 13 rings (SSSR count). The van der Waals surface area contributed by atoms with Crippen LogP contribution in [-0.4, -0.2) is 24.3 Å². The van der Waals surface area contributed by atoms with Gasteiger partial charge in [-0.3, -0.25) is 4.40 Å². The molecule has 13 aromatic rings. The van der Waals surface area contributed by atoms with Gasteiger partial charge in [0.1, 0.15) is 11.2 Å². The maximum absolute atomic E-state index is 5.46. The highest BCUT2D eigenvalue weighted by molar-refractivity contribution is 6.15. The highest BCUT2D eigenvalue weighted by Crippen LogP contribution is 2.40. The van der Waals surface area contributed by atoms with E-state index in [1.165, 1.54) is 26.9 Å². The van der Waals surface area contributed by atoms with E-state index in [-0.39, 0.29) is 0 Å². The topological polar surface area (TPSA) is 56.0 Å². The lowest BCUT2D eigenvalue weighted by molar-refractivity contribution is 1.19. The zero-order valence-electron chi connectivity index (χ0n) is 33.9. The molecule has 0 atom stereocenters. The van der Waals surface area contributed by atoms with Gasteiger partial charge in [-0.15, -0.1) is 0 Å². The van der Waals surface area contributed by atoms with E-state index in [4.69, 9.17) is 19.9 Å². The number of hydrogen-bond acceptors (Lipinski definition) is 4. The van der Waals surface area contributed by atoms with Crippen molar-refractivity contribution in [3.05, 3.63) is 212 Å². The molecule has 0 unspecified atom stereocenters. The van der Waals surface area contributed by atoms with E-state index < -0.39 is 0 Å². The molecule has 9 aromatic carbocycles. The summed E-state index contributed by atoms with van der Waals surface area (Å²) in [7, 11) is 0. The van der Waals surface area contributed by atoms with Gasteiger partial charge in [0.15, 0.2) is 5.82 Å². The number of imidazole rings is 1. The van der Waals surface area contributed by atoms with E-state index >= 15 is 0 Å². The summed E-state index contributed by atoms with van der Waals surface area (Å²) in [4.78, 5) is 21.2. The first-order chi connectivity index (χ1) is 31.2. The predicted octanol–water partition coefficient (Wildman–Crippen LogP) is 14.8. The van der Waals surface area contributed by atoms with Crippen LogP contribution in [0.1, 0.15) is 0 Å². The predicted molar refractivity (Wildman–Crippen MR) is 261 cm³/mol. The molecular weight excluding hydrogens is 767 g/mol. The number of pyridine rings is 2. The third-order valence-electron chi connectivity index (χ3n) is 12.6. The highest BCUT2D eigenvalue weighted by Gasteiger charge is 2.19. The number of fused-ring (bicyclic) bond motifs is 11. The molecule has 292 valence electrons. The number of benzene rings is 9. The lowest BCUT2D eigenvalue weighted by Gasteiger charge is -2.15. The van der Waals surface area contributed by atoms with E-state index in [9.17, 15) is 0 Å². The maximum Gasteiger partial charge on any atom is 0.161 e. The Balaban J connectivity index is 0.980. The Morgan fingerprint density at radius 1 is 0.333 bits per heavy atom. The Bertz CT molecular complexity index is 3840. The van der Waals surface area contributed by atoms with Crippen molar-refractivity contribution >= 4 is 70.7 Å². The molecule has 0 aliphatic carbocycles. The number of hydrogen-bond donors (Lipinski definition) is 0. The van der Waals surface area contributed by atoms with Crippen molar-refractivity contribution in [3.8, 4) is 56.3 Å². The average molecular weight is 802 g/mol. The normalized spacial score (nSPS) is 11.8. The molecule has 0 aliphatic rings. The van der Waals surface area contributed by atoms with Gasteiger partial charge in [0.25, 0.3) is 0 Å². The fourth-order valence-electron chi connectivity index (χ4n) is 9.59. The van der Waals surface area contributed by atoms with Crippen LogP contribution in [-0.2, 0) is 0 Å². The molecule has 63 heavy (non-hydrogen) atoms. The lowest BCUT2D eigenvalue weighted by atomic mass is 9.94. The zero-order chi connectivity index (χ0) is 41.4. The van der Waals surface area contributed by atoms with Crippen LogP contribution in [0.15, 0.2) is 212 Å². The monoisotopic (exact) mass is 801 g/mol. The molecule has 5 heteroatoms. The standard InChI is InChI=1S/C58H35N5/c1-3-18-42-39(14-1)33-49(46-22-7-5-20-44(42)46)53-35-52(60-58(61-53)50-34-40-15-2-4-19-43(40)45-21-6-8-23-47(45)50)41-17-13-16-38(32-41)36-27-29-37(30-28-36)55-57-56(48-24-9-10-25-51(48)59-55)62-54-26-11-12-31-63(54)57/h1-35H. The summed E-state index contributed by atoms with van der Waals surface area (Å²) in [5, 5.41) is 10.5. The molecule has 0 spiro atoms. The van der Waals surface area contributed by atoms with Crippen molar-refractivity contribution in [1.82, 2.24) is 24.3 Å². The van der Waals surface area contributed by atoms with Gasteiger partial charge in [0, 0.05) is 33.8 Å². The number of para-hydroxylation sites is 1. The van der Waals surface area contributed by atoms with Gasteiger partial charge >= 0.3 is 0 Å². The second kappa shape index (κ2) is 14.0. The summed E-state index contributed by atoms with van der Waals surface area (Å²) in [6.45, 7) is 0. The molecule has 0 amide bonds. The van der Waals surface area contributed by atoms with Gasteiger partial charge in [-0.05, 0) is 96.7 Å². The van der Waals surface area contributed by atoms with Crippen LogP contribution in [0.2, 0.25) is 0 Å². The molecule has 0 N–H and O–H groups in total. The van der Waals surface area contributed by atoms with Crippen LogP contribution < -0.4 is 0 Å². The van der Waals surface area contributed by atoms with E-state index in [0.29, 0.717) is 5.82 Å². The van der Waals surface area contributed by atoms with E-state index in [1.54, 1.807) is 0 Å². The minimum absolute atomic E-state index is 0.693. The second-order valence-electron chi connectivity index (χ2n) is 16.2. The van der Waals surface area contributed by atoms with Crippen LogP contribution in [0.25, 0.3) is 127 Å². The van der Waals surface area contributed by atoms with Crippen LogP contribution in [0.3, 0.4) is 0 Å². The molecular formula is C58H35N5. The molecule has 0 saturated heterocycles. The van der Waals surface area contributed by atoms with Crippen LogP contribution in [0, 0.1) is 0 Å². The fourth-order valence-corrected chi connectivity index (χ4v) is 9.59. The third-order valence-corrected chi connectivity index (χ3v) is 12.6. The average Bonchev–Trinajstić information content (AvgIpc) is 3.76. The summed E-state index contributed by atoms with van der Waals surface area (Å²) in [6.07, 6.45) is 2.07. The molecule has 0 aliphatic heterocycles. The molecule has 0 saturated carbocycles. The van der Waals surface area contributed by atoms with Gasteiger partial charge in [-0.1, -0.05) is 164 Å². The smallest absolute Gasteiger partial charge is 0.161 e. The quantitative estimate of drug-likeness (QED) is 0.163. The van der Waals surface area contributed by atoms with Crippen LogP contribution in [0.5, 0.6) is 0 Å². The Kier molecular flexibility index (Phi) is 7.84. The number of aromatic nitrogens is 5. The number of rotatable bonds is 5. The van der Waals surface area contributed by atoms with Crippen LogP contribution in [0.4, 0.5) is 0 Å².